The van der Waals surface area contributed by atoms with Crippen LogP contribution in [-0.4, -0.2) is 18.0 Å². The van der Waals surface area contributed by atoms with E-state index >= 15 is 0 Å². The Morgan fingerprint density at radius 2 is 1.67 bits per heavy atom. The number of carbonyl (C=O) groups excluding carboxylic acids is 2. The zero-order chi connectivity index (χ0) is 21.3. The van der Waals surface area contributed by atoms with Crippen molar-refractivity contribution < 1.29 is 23.1 Å². The summed E-state index contributed by atoms with van der Waals surface area (Å²) in [4.78, 5) is 23.6. The van der Waals surface area contributed by atoms with Gasteiger partial charge in [-0.05, 0) is 59.7 Å². The van der Waals surface area contributed by atoms with E-state index in [1.54, 1.807) is 36.4 Å². The number of hydrogen-bond acceptors (Lipinski definition) is 4. The van der Waals surface area contributed by atoms with Gasteiger partial charge in [0.1, 0.15) is 24.0 Å². The highest BCUT2D eigenvalue weighted by Crippen LogP contribution is 2.15. The number of benzene rings is 3. The van der Waals surface area contributed by atoms with E-state index in [0.29, 0.717) is 16.9 Å². The Hall–Kier alpha value is -4.07. The van der Waals surface area contributed by atoms with Gasteiger partial charge in [0.2, 0.25) is 0 Å². The molecule has 0 bridgehead atoms. The third kappa shape index (κ3) is 6.23. The minimum atomic E-state index is -0.978. The van der Waals surface area contributed by atoms with Crippen molar-refractivity contribution in [2.75, 3.05) is 5.32 Å². The molecule has 0 aromatic heterocycles. The highest BCUT2D eigenvalue weighted by atomic mass is 19.1. The molecule has 3 aromatic rings. The summed E-state index contributed by atoms with van der Waals surface area (Å²) in [7, 11) is 0. The highest BCUT2D eigenvalue weighted by molar-refractivity contribution is 6.39. The molecule has 0 atom stereocenters. The van der Waals surface area contributed by atoms with Crippen molar-refractivity contribution in [3.05, 3.63) is 95.6 Å². The average molecular weight is 409 g/mol. The first kappa shape index (κ1) is 20.7. The molecule has 0 aliphatic heterocycles. The van der Waals surface area contributed by atoms with Crippen molar-refractivity contribution in [3.8, 4) is 5.75 Å². The number of carbonyl (C=O) groups is 2. The summed E-state index contributed by atoms with van der Waals surface area (Å²) in [6, 6.07) is 17.9. The molecule has 2 N–H and O–H groups in total. The van der Waals surface area contributed by atoms with Gasteiger partial charge in [-0.15, -0.1) is 0 Å². The molecule has 0 heterocycles. The van der Waals surface area contributed by atoms with Gasteiger partial charge in [0.05, 0.1) is 6.21 Å². The summed E-state index contributed by atoms with van der Waals surface area (Å²) < 4.78 is 31.7. The fourth-order valence-electron chi connectivity index (χ4n) is 2.42. The normalized spacial score (nSPS) is 10.6. The minimum Gasteiger partial charge on any atom is -0.489 e. The highest BCUT2D eigenvalue weighted by Gasteiger charge is 2.12. The molecule has 30 heavy (non-hydrogen) atoms. The second-order valence-corrected chi connectivity index (χ2v) is 6.15. The number of ether oxygens (including phenoxy) is 1. The Morgan fingerprint density at radius 1 is 0.900 bits per heavy atom. The van der Waals surface area contributed by atoms with Gasteiger partial charge < -0.3 is 10.1 Å². The molecule has 0 radical (unpaired) electrons. The van der Waals surface area contributed by atoms with E-state index < -0.39 is 17.6 Å². The molecule has 6 nitrogen and oxygen atoms in total. The number of nitrogens with zero attached hydrogens (tertiary/aromatic N) is 1. The van der Waals surface area contributed by atoms with E-state index in [1.165, 1.54) is 30.5 Å². The van der Waals surface area contributed by atoms with E-state index in [1.807, 2.05) is 0 Å². The quantitative estimate of drug-likeness (QED) is 0.371. The summed E-state index contributed by atoms with van der Waals surface area (Å²) in [5.41, 5.74) is 3.69. The van der Waals surface area contributed by atoms with Crippen LogP contribution in [-0.2, 0) is 16.2 Å². The molecule has 8 heteroatoms. The lowest BCUT2D eigenvalue weighted by Gasteiger charge is -2.07. The predicted octanol–water partition coefficient (Wildman–Crippen LogP) is 3.63. The van der Waals surface area contributed by atoms with Crippen LogP contribution in [0.2, 0.25) is 0 Å². The largest absolute Gasteiger partial charge is 0.489 e. The molecule has 0 aliphatic rings. The molecular formula is C22H17F2N3O3. The fraction of sp³-hybridized carbons (Fsp3) is 0.0455. The van der Waals surface area contributed by atoms with Crippen LogP contribution in [0.4, 0.5) is 14.5 Å². The van der Waals surface area contributed by atoms with Crippen LogP contribution < -0.4 is 15.5 Å². The Kier molecular flexibility index (Phi) is 6.83. The first-order valence-electron chi connectivity index (χ1n) is 8.87. The third-order valence-corrected chi connectivity index (χ3v) is 3.84. The van der Waals surface area contributed by atoms with Crippen molar-refractivity contribution in [1.82, 2.24) is 5.43 Å². The van der Waals surface area contributed by atoms with Gasteiger partial charge in [-0.3, -0.25) is 9.59 Å². The van der Waals surface area contributed by atoms with Gasteiger partial charge in [0, 0.05) is 5.69 Å². The summed E-state index contributed by atoms with van der Waals surface area (Å²) in [5, 5.41) is 6.06. The van der Waals surface area contributed by atoms with Crippen molar-refractivity contribution in [1.29, 1.82) is 0 Å². The summed E-state index contributed by atoms with van der Waals surface area (Å²) in [6.45, 7) is 0.193. The average Bonchev–Trinajstić information content (AvgIpc) is 2.74. The van der Waals surface area contributed by atoms with E-state index in [2.05, 4.69) is 15.8 Å². The zero-order valence-corrected chi connectivity index (χ0v) is 15.6. The zero-order valence-electron chi connectivity index (χ0n) is 15.6. The van der Waals surface area contributed by atoms with Crippen molar-refractivity contribution in [3.63, 3.8) is 0 Å². The smallest absolute Gasteiger partial charge is 0.329 e. The molecule has 0 saturated carbocycles. The maximum absolute atomic E-state index is 13.2. The lowest BCUT2D eigenvalue weighted by atomic mass is 10.2. The molecule has 0 spiro atoms. The summed E-state index contributed by atoms with van der Waals surface area (Å²) >= 11 is 0. The van der Waals surface area contributed by atoms with E-state index in [4.69, 9.17) is 4.74 Å². The number of halogens is 2. The molecule has 3 aromatic carbocycles. The lowest BCUT2D eigenvalue weighted by molar-refractivity contribution is -0.136. The number of anilines is 1. The predicted molar refractivity (Wildman–Crippen MR) is 108 cm³/mol. The topological polar surface area (TPSA) is 79.8 Å². The van der Waals surface area contributed by atoms with Gasteiger partial charge in [-0.1, -0.05) is 24.3 Å². The lowest BCUT2D eigenvalue weighted by Crippen LogP contribution is -2.32. The van der Waals surface area contributed by atoms with Crippen LogP contribution in [0.5, 0.6) is 5.75 Å². The molecule has 0 saturated heterocycles. The number of amides is 2. The van der Waals surface area contributed by atoms with Crippen LogP contribution in [0.25, 0.3) is 0 Å². The van der Waals surface area contributed by atoms with Crippen LogP contribution in [0.1, 0.15) is 11.1 Å². The molecule has 2 amide bonds. The SMILES string of the molecule is O=C(N/N=C\c1cccc(OCc2cccc(F)c2)c1)C(=O)Nc1ccc(F)cc1. The second-order valence-electron chi connectivity index (χ2n) is 6.15. The van der Waals surface area contributed by atoms with E-state index in [9.17, 15) is 18.4 Å². The number of hydrogen-bond donors (Lipinski definition) is 2. The summed E-state index contributed by atoms with van der Waals surface area (Å²) in [5.74, 6) is -2.18. The first-order valence-corrected chi connectivity index (χ1v) is 8.87. The van der Waals surface area contributed by atoms with Crippen LogP contribution in [0.15, 0.2) is 77.9 Å². The van der Waals surface area contributed by atoms with Gasteiger partial charge in [0.15, 0.2) is 0 Å². The maximum atomic E-state index is 13.2. The van der Waals surface area contributed by atoms with Crippen LogP contribution in [0, 0.1) is 11.6 Å². The van der Waals surface area contributed by atoms with E-state index in [0.717, 1.165) is 12.1 Å². The Morgan fingerprint density at radius 3 is 2.43 bits per heavy atom. The Bertz CT molecular complexity index is 1070. The Balaban J connectivity index is 1.51. The number of nitrogens with one attached hydrogen (secondary N) is 2. The summed E-state index contributed by atoms with van der Waals surface area (Å²) in [6.07, 6.45) is 1.35. The maximum Gasteiger partial charge on any atom is 0.329 e. The first-order chi connectivity index (χ1) is 14.5. The molecule has 0 unspecified atom stereocenters. The van der Waals surface area contributed by atoms with Gasteiger partial charge in [-0.25, -0.2) is 14.2 Å². The Labute approximate surface area is 171 Å². The van der Waals surface area contributed by atoms with Crippen molar-refractivity contribution >= 4 is 23.7 Å². The van der Waals surface area contributed by atoms with Gasteiger partial charge >= 0.3 is 11.8 Å². The molecule has 0 aliphatic carbocycles. The molecule has 152 valence electrons. The molecular weight excluding hydrogens is 392 g/mol. The van der Waals surface area contributed by atoms with Crippen LogP contribution >= 0.6 is 0 Å². The molecule has 3 rings (SSSR count). The van der Waals surface area contributed by atoms with E-state index in [-0.39, 0.29) is 18.1 Å². The second kappa shape index (κ2) is 9.92. The minimum absolute atomic E-state index is 0.193. The third-order valence-electron chi connectivity index (χ3n) is 3.84. The van der Waals surface area contributed by atoms with Crippen molar-refractivity contribution in [2.45, 2.75) is 6.61 Å². The monoisotopic (exact) mass is 409 g/mol. The number of hydrazone groups is 1. The van der Waals surface area contributed by atoms with Gasteiger partial charge in [0.25, 0.3) is 0 Å². The number of rotatable bonds is 6. The standard InChI is InChI=1S/C22H17F2N3O3/c23-17-7-9-19(10-8-17)26-21(28)22(29)27-25-13-15-3-2-6-20(12-15)30-14-16-4-1-5-18(24)11-16/h1-13H,14H2,(H,26,28)(H,27,29)/b25-13-. The van der Waals surface area contributed by atoms with Gasteiger partial charge in [-0.2, -0.15) is 5.10 Å². The van der Waals surface area contributed by atoms with Crippen LogP contribution in [0.3, 0.4) is 0 Å². The fourth-order valence-corrected chi connectivity index (χ4v) is 2.42. The molecule has 0 fully saturated rings. The van der Waals surface area contributed by atoms with Crippen molar-refractivity contribution in [2.24, 2.45) is 5.10 Å².